The van der Waals surface area contributed by atoms with Crippen LogP contribution in [-0.2, 0) is 9.59 Å². The van der Waals surface area contributed by atoms with Gasteiger partial charge in [0.15, 0.2) is 5.11 Å². The van der Waals surface area contributed by atoms with Crippen molar-refractivity contribution in [2.45, 2.75) is 34.6 Å². The van der Waals surface area contributed by atoms with E-state index in [1.165, 1.54) is 0 Å². The molecule has 0 saturated carbocycles. The highest BCUT2D eigenvalue weighted by Gasteiger charge is 2.25. The summed E-state index contributed by atoms with van der Waals surface area (Å²) in [7, 11) is 0. The monoisotopic (exact) mass is 390 g/mol. The van der Waals surface area contributed by atoms with Gasteiger partial charge >= 0.3 is 0 Å². The molecule has 7 heteroatoms. The number of rotatable bonds is 3. The van der Waals surface area contributed by atoms with Crippen molar-refractivity contribution in [2.75, 3.05) is 36.4 Å². The topological polar surface area (TPSA) is 64.7 Å². The van der Waals surface area contributed by atoms with Gasteiger partial charge in [-0.05, 0) is 24.4 Å². The van der Waals surface area contributed by atoms with Crippen molar-refractivity contribution in [3.05, 3.63) is 24.3 Å². The molecule has 6 nitrogen and oxygen atoms in total. The number of nitrogens with one attached hydrogen (secondary N) is 2. The quantitative estimate of drug-likeness (QED) is 0.777. The second-order valence-electron chi connectivity index (χ2n) is 8.14. The van der Waals surface area contributed by atoms with E-state index in [9.17, 15) is 9.59 Å². The van der Waals surface area contributed by atoms with Crippen LogP contribution in [0.3, 0.4) is 0 Å². The Kier molecular flexibility index (Phi) is 6.81. The number of piperazine rings is 1. The molecule has 1 aromatic rings. The summed E-state index contributed by atoms with van der Waals surface area (Å²) in [4.78, 5) is 28.5. The highest BCUT2D eigenvalue weighted by atomic mass is 32.1. The summed E-state index contributed by atoms with van der Waals surface area (Å²) < 4.78 is 0. The van der Waals surface area contributed by atoms with Crippen molar-refractivity contribution >= 4 is 40.5 Å². The number of thiocarbonyl (C=S) groups is 1. The van der Waals surface area contributed by atoms with Gasteiger partial charge in [0, 0.05) is 37.5 Å². The lowest BCUT2D eigenvalue weighted by Crippen LogP contribution is -2.50. The SMILES string of the molecule is CC(C)C(=O)N1CCN(c2ccccc2NC(=S)NC(=O)C(C)(C)C)CC1. The number of para-hydroxylation sites is 2. The summed E-state index contributed by atoms with van der Waals surface area (Å²) in [5.41, 5.74) is 1.35. The molecular formula is C20H30N4O2S. The molecular weight excluding hydrogens is 360 g/mol. The van der Waals surface area contributed by atoms with Crippen molar-refractivity contribution in [1.82, 2.24) is 10.2 Å². The van der Waals surface area contributed by atoms with E-state index in [0.29, 0.717) is 13.1 Å². The molecule has 0 spiro atoms. The Morgan fingerprint density at radius 3 is 2.22 bits per heavy atom. The largest absolute Gasteiger partial charge is 0.366 e. The standard InChI is InChI=1S/C20H30N4O2S/c1-14(2)17(25)24-12-10-23(11-13-24)16-9-7-6-8-15(16)21-19(27)22-18(26)20(3,4)5/h6-9,14H,10-13H2,1-5H3,(H2,21,22,26,27). The second kappa shape index (κ2) is 8.69. The minimum atomic E-state index is -0.509. The van der Waals surface area contributed by atoms with Crippen LogP contribution in [0.25, 0.3) is 0 Å². The van der Waals surface area contributed by atoms with Gasteiger partial charge in [0.2, 0.25) is 11.8 Å². The lowest BCUT2D eigenvalue weighted by atomic mass is 9.96. The van der Waals surface area contributed by atoms with Gasteiger partial charge in [0.05, 0.1) is 11.4 Å². The summed E-state index contributed by atoms with van der Waals surface area (Å²) in [6.45, 7) is 12.3. The third-order valence-corrected chi connectivity index (χ3v) is 4.69. The zero-order chi connectivity index (χ0) is 20.2. The number of carbonyl (C=O) groups excluding carboxylic acids is 2. The summed E-state index contributed by atoms with van der Waals surface area (Å²) in [5, 5.41) is 6.17. The van der Waals surface area contributed by atoms with Crippen LogP contribution in [0.4, 0.5) is 11.4 Å². The van der Waals surface area contributed by atoms with Gasteiger partial charge in [-0.25, -0.2) is 0 Å². The van der Waals surface area contributed by atoms with Crippen LogP contribution in [0.1, 0.15) is 34.6 Å². The molecule has 148 valence electrons. The Bertz CT molecular complexity index is 704. The molecule has 1 heterocycles. The van der Waals surface area contributed by atoms with E-state index in [2.05, 4.69) is 15.5 Å². The van der Waals surface area contributed by atoms with Crippen LogP contribution in [-0.4, -0.2) is 48.0 Å². The van der Waals surface area contributed by atoms with Gasteiger partial charge in [-0.3, -0.25) is 9.59 Å². The number of amides is 2. The van der Waals surface area contributed by atoms with E-state index in [1.54, 1.807) is 0 Å². The maximum Gasteiger partial charge on any atom is 0.231 e. The summed E-state index contributed by atoms with van der Waals surface area (Å²) in [6.07, 6.45) is 0. The first kappa shape index (κ1) is 21.2. The molecule has 1 aromatic carbocycles. The van der Waals surface area contributed by atoms with Gasteiger partial charge in [-0.1, -0.05) is 46.8 Å². The maximum absolute atomic E-state index is 12.2. The third-order valence-electron chi connectivity index (χ3n) is 4.49. The molecule has 1 fully saturated rings. The van der Waals surface area contributed by atoms with Crippen LogP contribution in [0.15, 0.2) is 24.3 Å². The molecule has 2 amide bonds. The van der Waals surface area contributed by atoms with Crippen LogP contribution in [0.2, 0.25) is 0 Å². The van der Waals surface area contributed by atoms with Gasteiger partial charge < -0.3 is 20.4 Å². The Morgan fingerprint density at radius 2 is 1.67 bits per heavy atom. The molecule has 0 aliphatic carbocycles. The normalized spacial score (nSPS) is 14.9. The zero-order valence-corrected chi connectivity index (χ0v) is 17.7. The van der Waals surface area contributed by atoms with Crippen molar-refractivity contribution in [3.8, 4) is 0 Å². The fourth-order valence-corrected chi connectivity index (χ4v) is 3.03. The minimum absolute atomic E-state index is 0.0225. The van der Waals surface area contributed by atoms with E-state index in [1.807, 2.05) is 63.8 Å². The first-order chi connectivity index (χ1) is 12.6. The van der Waals surface area contributed by atoms with Gasteiger partial charge in [-0.15, -0.1) is 0 Å². The molecule has 1 aliphatic heterocycles. The highest BCUT2D eigenvalue weighted by Crippen LogP contribution is 2.27. The van der Waals surface area contributed by atoms with E-state index in [4.69, 9.17) is 12.2 Å². The third kappa shape index (κ3) is 5.66. The highest BCUT2D eigenvalue weighted by molar-refractivity contribution is 7.80. The molecule has 0 aromatic heterocycles. The van der Waals surface area contributed by atoms with Crippen LogP contribution < -0.4 is 15.5 Å². The average molecular weight is 391 g/mol. The zero-order valence-electron chi connectivity index (χ0n) is 16.8. The minimum Gasteiger partial charge on any atom is -0.366 e. The number of anilines is 2. The number of carbonyl (C=O) groups is 2. The van der Waals surface area contributed by atoms with Crippen molar-refractivity contribution in [2.24, 2.45) is 11.3 Å². The summed E-state index contributed by atoms with van der Waals surface area (Å²) in [5.74, 6) is 0.0970. The maximum atomic E-state index is 12.2. The summed E-state index contributed by atoms with van der Waals surface area (Å²) in [6, 6.07) is 7.87. The van der Waals surface area contributed by atoms with Gasteiger partial charge in [0.1, 0.15) is 0 Å². The number of benzene rings is 1. The van der Waals surface area contributed by atoms with Crippen LogP contribution in [0.5, 0.6) is 0 Å². The average Bonchev–Trinajstić information content (AvgIpc) is 2.60. The predicted octanol–water partition coefficient (Wildman–Crippen LogP) is 2.85. The van der Waals surface area contributed by atoms with Crippen LogP contribution >= 0.6 is 12.2 Å². The molecule has 1 aliphatic rings. The van der Waals surface area contributed by atoms with Gasteiger partial charge in [0.25, 0.3) is 0 Å². The van der Waals surface area contributed by atoms with Crippen molar-refractivity contribution in [3.63, 3.8) is 0 Å². The van der Waals surface area contributed by atoms with E-state index in [0.717, 1.165) is 24.5 Å². The Labute approximate surface area is 167 Å². The number of hydrogen-bond donors (Lipinski definition) is 2. The lowest BCUT2D eigenvalue weighted by Gasteiger charge is -2.37. The fourth-order valence-electron chi connectivity index (χ4n) is 2.83. The van der Waals surface area contributed by atoms with E-state index >= 15 is 0 Å². The molecule has 1 saturated heterocycles. The first-order valence-electron chi connectivity index (χ1n) is 9.35. The van der Waals surface area contributed by atoms with E-state index < -0.39 is 5.41 Å². The second-order valence-corrected chi connectivity index (χ2v) is 8.55. The molecule has 0 bridgehead atoms. The van der Waals surface area contributed by atoms with Gasteiger partial charge in [-0.2, -0.15) is 0 Å². The van der Waals surface area contributed by atoms with Crippen molar-refractivity contribution < 1.29 is 9.59 Å². The Morgan fingerprint density at radius 1 is 1.07 bits per heavy atom. The molecule has 2 N–H and O–H groups in total. The fraction of sp³-hybridized carbons (Fsp3) is 0.550. The number of hydrogen-bond acceptors (Lipinski definition) is 4. The van der Waals surface area contributed by atoms with Crippen molar-refractivity contribution in [1.29, 1.82) is 0 Å². The molecule has 0 radical (unpaired) electrons. The smallest absolute Gasteiger partial charge is 0.231 e. The molecule has 0 unspecified atom stereocenters. The summed E-state index contributed by atoms with van der Waals surface area (Å²) >= 11 is 5.31. The molecule has 2 rings (SSSR count). The van der Waals surface area contributed by atoms with Crippen LogP contribution in [0, 0.1) is 11.3 Å². The molecule has 0 atom stereocenters. The van der Waals surface area contributed by atoms with E-state index in [-0.39, 0.29) is 22.8 Å². The number of nitrogens with zero attached hydrogens (tertiary/aromatic N) is 2. The Hall–Kier alpha value is -2.15. The lowest BCUT2D eigenvalue weighted by molar-refractivity contribution is -0.134. The first-order valence-corrected chi connectivity index (χ1v) is 9.75. The molecule has 27 heavy (non-hydrogen) atoms. The predicted molar refractivity (Wildman–Crippen MR) is 114 cm³/mol. The Balaban J connectivity index is 2.03.